The van der Waals surface area contributed by atoms with Gasteiger partial charge in [0, 0.05) is 18.8 Å². The number of methoxy groups -OCH3 is 1. The first-order chi connectivity index (χ1) is 11.4. The molecule has 0 saturated carbocycles. The lowest BCUT2D eigenvalue weighted by Crippen LogP contribution is -2.36. The molecule has 0 aliphatic carbocycles. The Labute approximate surface area is 143 Å². The monoisotopic (exact) mass is 328 g/mol. The van der Waals surface area contributed by atoms with Crippen LogP contribution >= 0.6 is 0 Å². The predicted molar refractivity (Wildman–Crippen MR) is 92.7 cm³/mol. The SMILES string of the molecule is COc1ccc(CN(Cc2ccccc2)C(=O)OC(C)(C)C)cn1. The van der Waals surface area contributed by atoms with E-state index >= 15 is 0 Å². The lowest BCUT2D eigenvalue weighted by Gasteiger charge is -2.27. The highest BCUT2D eigenvalue weighted by Crippen LogP contribution is 2.16. The molecule has 0 atom stereocenters. The van der Waals surface area contributed by atoms with Crippen molar-refractivity contribution in [3.63, 3.8) is 0 Å². The van der Waals surface area contributed by atoms with Crippen molar-refractivity contribution in [3.05, 3.63) is 59.8 Å². The van der Waals surface area contributed by atoms with Crippen LogP contribution < -0.4 is 4.74 Å². The minimum Gasteiger partial charge on any atom is -0.481 e. The highest BCUT2D eigenvalue weighted by molar-refractivity contribution is 5.68. The zero-order valence-electron chi connectivity index (χ0n) is 14.7. The molecule has 0 saturated heterocycles. The summed E-state index contributed by atoms with van der Waals surface area (Å²) in [6.45, 7) is 6.48. The third-order valence-corrected chi connectivity index (χ3v) is 3.25. The summed E-state index contributed by atoms with van der Waals surface area (Å²) < 4.78 is 10.6. The van der Waals surface area contributed by atoms with E-state index in [1.54, 1.807) is 24.3 Å². The van der Waals surface area contributed by atoms with Crippen LogP contribution in [0.5, 0.6) is 5.88 Å². The molecule has 0 spiro atoms. The summed E-state index contributed by atoms with van der Waals surface area (Å²) in [5.41, 5.74) is 1.42. The smallest absolute Gasteiger partial charge is 0.410 e. The first kappa shape index (κ1) is 17.8. The molecule has 2 aromatic rings. The molecule has 0 fully saturated rings. The maximum Gasteiger partial charge on any atom is 0.410 e. The summed E-state index contributed by atoms with van der Waals surface area (Å²) in [5.74, 6) is 0.547. The van der Waals surface area contributed by atoms with Crippen molar-refractivity contribution in [1.29, 1.82) is 0 Å². The van der Waals surface area contributed by atoms with Gasteiger partial charge in [-0.1, -0.05) is 36.4 Å². The first-order valence-electron chi connectivity index (χ1n) is 7.88. The van der Waals surface area contributed by atoms with E-state index in [4.69, 9.17) is 9.47 Å². The lowest BCUT2D eigenvalue weighted by atomic mass is 10.2. The Hall–Kier alpha value is -2.56. The van der Waals surface area contributed by atoms with Crippen molar-refractivity contribution in [3.8, 4) is 5.88 Å². The third-order valence-electron chi connectivity index (χ3n) is 3.25. The summed E-state index contributed by atoms with van der Waals surface area (Å²) in [7, 11) is 1.57. The second-order valence-electron chi connectivity index (χ2n) is 6.53. The average Bonchev–Trinajstić information content (AvgIpc) is 2.54. The van der Waals surface area contributed by atoms with Crippen LogP contribution in [0.2, 0.25) is 0 Å². The van der Waals surface area contributed by atoms with Crippen LogP contribution in [0.1, 0.15) is 31.9 Å². The fraction of sp³-hybridized carbons (Fsp3) is 0.368. The number of amides is 1. The van der Waals surface area contributed by atoms with Crippen molar-refractivity contribution in [2.75, 3.05) is 7.11 Å². The lowest BCUT2D eigenvalue weighted by molar-refractivity contribution is 0.0216. The van der Waals surface area contributed by atoms with E-state index in [-0.39, 0.29) is 6.09 Å². The van der Waals surface area contributed by atoms with E-state index < -0.39 is 5.60 Å². The van der Waals surface area contributed by atoms with E-state index in [0.717, 1.165) is 11.1 Å². The second kappa shape index (κ2) is 7.81. The van der Waals surface area contributed by atoms with Gasteiger partial charge in [0.15, 0.2) is 0 Å². The molecule has 1 aromatic heterocycles. The fourth-order valence-electron chi connectivity index (χ4n) is 2.16. The number of carbonyl (C=O) groups excluding carboxylic acids is 1. The summed E-state index contributed by atoms with van der Waals surface area (Å²) in [5, 5.41) is 0. The van der Waals surface area contributed by atoms with Crippen LogP contribution in [0, 0.1) is 0 Å². The predicted octanol–water partition coefficient (Wildman–Crippen LogP) is 4.03. The molecule has 1 heterocycles. The zero-order chi connectivity index (χ0) is 17.6. The molecule has 0 N–H and O–H groups in total. The van der Waals surface area contributed by atoms with E-state index in [2.05, 4.69) is 4.98 Å². The van der Waals surface area contributed by atoms with Gasteiger partial charge >= 0.3 is 6.09 Å². The van der Waals surface area contributed by atoms with Crippen LogP contribution in [0.3, 0.4) is 0 Å². The first-order valence-corrected chi connectivity index (χ1v) is 7.88. The Morgan fingerprint density at radius 3 is 2.25 bits per heavy atom. The largest absolute Gasteiger partial charge is 0.481 e. The molecule has 0 aliphatic heterocycles. The van der Waals surface area contributed by atoms with Gasteiger partial charge in [-0.05, 0) is 31.9 Å². The van der Waals surface area contributed by atoms with Crippen LogP contribution in [0.25, 0.3) is 0 Å². The van der Waals surface area contributed by atoms with Crippen LogP contribution in [-0.4, -0.2) is 28.7 Å². The molecule has 0 aliphatic rings. The Balaban J connectivity index is 2.16. The van der Waals surface area contributed by atoms with Gasteiger partial charge in [-0.15, -0.1) is 0 Å². The zero-order valence-corrected chi connectivity index (χ0v) is 14.7. The number of hydrogen-bond acceptors (Lipinski definition) is 4. The molecule has 1 aromatic carbocycles. The number of benzene rings is 1. The number of aromatic nitrogens is 1. The summed E-state index contributed by atoms with van der Waals surface area (Å²) >= 11 is 0. The van der Waals surface area contributed by atoms with Gasteiger partial charge in [0.25, 0.3) is 0 Å². The minimum atomic E-state index is -0.538. The normalized spacial score (nSPS) is 11.0. The number of rotatable bonds is 5. The number of carbonyl (C=O) groups is 1. The van der Waals surface area contributed by atoms with Crippen molar-refractivity contribution >= 4 is 6.09 Å². The highest BCUT2D eigenvalue weighted by Gasteiger charge is 2.22. The second-order valence-corrected chi connectivity index (χ2v) is 6.53. The summed E-state index contributed by atoms with van der Waals surface area (Å²) in [6, 6.07) is 13.5. The molecule has 2 rings (SSSR count). The number of nitrogens with zero attached hydrogens (tertiary/aromatic N) is 2. The Kier molecular flexibility index (Phi) is 5.79. The molecule has 0 bridgehead atoms. The van der Waals surface area contributed by atoms with E-state index in [1.807, 2.05) is 57.2 Å². The molecule has 1 amide bonds. The topological polar surface area (TPSA) is 51.7 Å². The average molecular weight is 328 g/mol. The minimum absolute atomic E-state index is 0.345. The van der Waals surface area contributed by atoms with Crippen LogP contribution in [0.15, 0.2) is 48.7 Å². The summed E-state index contributed by atoms with van der Waals surface area (Å²) in [4.78, 5) is 18.4. The van der Waals surface area contributed by atoms with Gasteiger partial charge < -0.3 is 9.47 Å². The Bertz CT molecular complexity index is 649. The van der Waals surface area contributed by atoms with Crippen LogP contribution in [-0.2, 0) is 17.8 Å². The molecule has 0 radical (unpaired) electrons. The van der Waals surface area contributed by atoms with E-state index in [1.165, 1.54) is 0 Å². The molecular formula is C19H24N2O3. The van der Waals surface area contributed by atoms with Gasteiger partial charge in [-0.3, -0.25) is 4.90 Å². The van der Waals surface area contributed by atoms with Crippen molar-refractivity contribution in [1.82, 2.24) is 9.88 Å². The van der Waals surface area contributed by atoms with E-state index in [9.17, 15) is 4.79 Å². The van der Waals surface area contributed by atoms with Crippen molar-refractivity contribution in [2.24, 2.45) is 0 Å². The maximum atomic E-state index is 12.5. The standard InChI is InChI=1S/C19H24N2O3/c1-19(2,3)24-18(22)21(13-15-8-6-5-7-9-15)14-16-10-11-17(23-4)20-12-16/h5-12H,13-14H2,1-4H3. The molecule has 128 valence electrons. The van der Waals surface area contributed by atoms with Gasteiger partial charge in [0.2, 0.25) is 5.88 Å². The highest BCUT2D eigenvalue weighted by atomic mass is 16.6. The maximum absolute atomic E-state index is 12.5. The number of hydrogen-bond donors (Lipinski definition) is 0. The van der Waals surface area contributed by atoms with Gasteiger partial charge in [-0.2, -0.15) is 0 Å². The molecule has 24 heavy (non-hydrogen) atoms. The van der Waals surface area contributed by atoms with Crippen molar-refractivity contribution < 1.29 is 14.3 Å². The van der Waals surface area contributed by atoms with E-state index in [0.29, 0.717) is 19.0 Å². The molecule has 5 nitrogen and oxygen atoms in total. The molecule has 0 unspecified atom stereocenters. The Morgan fingerprint density at radius 1 is 1.04 bits per heavy atom. The summed E-state index contributed by atoms with van der Waals surface area (Å²) in [6.07, 6.45) is 1.36. The quantitative estimate of drug-likeness (QED) is 0.831. The Morgan fingerprint density at radius 2 is 1.71 bits per heavy atom. The van der Waals surface area contributed by atoms with Crippen molar-refractivity contribution in [2.45, 2.75) is 39.5 Å². The number of pyridine rings is 1. The molecular weight excluding hydrogens is 304 g/mol. The van der Waals surface area contributed by atoms with Gasteiger partial charge in [0.05, 0.1) is 13.7 Å². The molecule has 5 heteroatoms. The number of ether oxygens (including phenoxy) is 2. The third kappa shape index (κ3) is 5.57. The fourth-order valence-corrected chi connectivity index (χ4v) is 2.16. The van der Waals surface area contributed by atoms with Crippen LogP contribution in [0.4, 0.5) is 4.79 Å². The van der Waals surface area contributed by atoms with Gasteiger partial charge in [-0.25, -0.2) is 9.78 Å². The van der Waals surface area contributed by atoms with Gasteiger partial charge in [0.1, 0.15) is 5.60 Å².